The van der Waals surface area contributed by atoms with Gasteiger partial charge in [0.05, 0.1) is 18.8 Å². The summed E-state index contributed by atoms with van der Waals surface area (Å²) in [5, 5.41) is 25.6. The number of aryl methyl sites for hydroxylation is 1. The third-order valence-electron chi connectivity index (χ3n) is 4.16. The molecule has 2 aromatic heterocycles. The van der Waals surface area contributed by atoms with Gasteiger partial charge in [-0.3, -0.25) is 4.79 Å². The highest BCUT2D eigenvalue weighted by Gasteiger charge is 2.16. The van der Waals surface area contributed by atoms with Gasteiger partial charge in [-0.25, -0.2) is 4.68 Å². The molecule has 1 amide bonds. The Balaban J connectivity index is 1.46. The number of carbonyl (C=O) groups excluding carboxylic acids is 1. The summed E-state index contributed by atoms with van der Waals surface area (Å²) >= 11 is 0. The lowest BCUT2D eigenvalue weighted by Crippen LogP contribution is -2.31. The number of tetrazole rings is 1. The predicted octanol–water partition coefficient (Wildman–Crippen LogP) is -0.405. The van der Waals surface area contributed by atoms with Crippen molar-refractivity contribution in [2.45, 2.75) is 26.6 Å². The van der Waals surface area contributed by atoms with E-state index >= 15 is 0 Å². The first-order valence-corrected chi connectivity index (χ1v) is 7.96. The quantitative estimate of drug-likeness (QED) is 0.664. The Bertz CT molecular complexity index is 900. The highest BCUT2D eigenvalue weighted by molar-refractivity contribution is 5.94. The Hall–Kier alpha value is -3.14. The summed E-state index contributed by atoms with van der Waals surface area (Å²) in [4.78, 5) is 12.4. The molecule has 1 aromatic carbocycles. The number of nitrogens with one attached hydrogen (secondary N) is 2. The van der Waals surface area contributed by atoms with Gasteiger partial charge in [-0.15, -0.1) is 15.3 Å². The number of rotatable bonds is 4. The Morgan fingerprint density at radius 1 is 1.36 bits per heavy atom. The molecule has 0 aliphatic carbocycles. The van der Waals surface area contributed by atoms with E-state index < -0.39 is 0 Å². The van der Waals surface area contributed by atoms with Gasteiger partial charge in [0.15, 0.2) is 5.82 Å². The zero-order valence-corrected chi connectivity index (χ0v) is 13.7. The van der Waals surface area contributed by atoms with Crippen LogP contribution in [0.4, 0.5) is 0 Å². The first-order valence-electron chi connectivity index (χ1n) is 7.96. The maximum Gasteiger partial charge on any atom is 0.251 e. The predicted molar refractivity (Wildman–Crippen MR) is 86.8 cm³/mol. The van der Waals surface area contributed by atoms with Gasteiger partial charge in [-0.2, -0.15) is 0 Å². The number of hydrogen-bond donors (Lipinski definition) is 2. The van der Waals surface area contributed by atoms with E-state index in [1.165, 1.54) is 6.33 Å². The van der Waals surface area contributed by atoms with Crippen LogP contribution in [0.2, 0.25) is 0 Å². The van der Waals surface area contributed by atoms with Crippen LogP contribution in [0.5, 0.6) is 0 Å². The van der Waals surface area contributed by atoms with E-state index in [4.69, 9.17) is 0 Å². The average molecular weight is 339 g/mol. The first-order chi connectivity index (χ1) is 12.2. The molecule has 3 aromatic rings. The Morgan fingerprint density at radius 3 is 3.08 bits per heavy atom. The first kappa shape index (κ1) is 15.4. The molecule has 0 atom stereocenters. The summed E-state index contributed by atoms with van der Waals surface area (Å²) in [6, 6.07) is 5.39. The van der Waals surface area contributed by atoms with E-state index in [9.17, 15) is 4.79 Å². The lowest BCUT2D eigenvalue weighted by Gasteiger charge is -2.16. The Kier molecular flexibility index (Phi) is 3.94. The van der Waals surface area contributed by atoms with Crippen LogP contribution in [0, 0.1) is 6.92 Å². The van der Waals surface area contributed by atoms with E-state index in [-0.39, 0.29) is 5.91 Å². The van der Waals surface area contributed by atoms with Crippen molar-refractivity contribution in [3.63, 3.8) is 0 Å². The normalized spacial score (nSPS) is 13.5. The molecule has 10 nitrogen and oxygen atoms in total. The van der Waals surface area contributed by atoms with E-state index in [0.29, 0.717) is 18.7 Å². The molecule has 2 N–H and O–H groups in total. The minimum absolute atomic E-state index is 0.155. The molecule has 0 unspecified atom stereocenters. The maximum absolute atomic E-state index is 12.4. The zero-order chi connectivity index (χ0) is 17.2. The van der Waals surface area contributed by atoms with Crippen molar-refractivity contribution < 1.29 is 4.79 Å². The lowest BCUT2D eigenvalue weighted by molar-refractivity contribution is 0.0949. The summed E-state index contributed by atoms with van der Waals surface area (Å²) in [5.74, 6) is 1.52. The molecule has 4 rings (SSSR count). The number of hydrogen-bond acceptors (Lipinski definition) is 7. The number of carbonyl (C=O) groups is 1. The van der Waals surface area contributed by atoms with E-state index in [1.54, 1.807) is 10.7 Å². The van der Waals surface area contributed by atoms with Crippen LogP contribution >= 0.6 is 0 Å². The van der Waals surface area contributed by atoms with Crippen molar-refractivity contribution in [2.75, 3.05) is 6.54 Å². The molecule has 0 bridgehead atoms. The van der Waals surface area contributed by atoms with Gasteiger partial charge in [0, 0.05) is 18.7 Å². The Labute approximate surface area is 143 Å². The average Bonchev–Trinajstić information content (AvgIpc) is 3.29. The number of fused-ring (bicyclic) bond motifs is 1. The summed E-state index contributed by atoms with van der Waals surface area (Å²) in [6.45, 7) is 4.66. The molecule has 10 heteroatoms. The Morgan fingerprint density at radius 2 is 2.28 bits per heavy atom. The minimum Gasteiger partial charge on any atom is -0.345 e. The summed E-state index contributed by atoms with van der Waals surface area (Å²) in [6.07, 6.45) is 1.52. The molecule has 0 saturated heterocycles. The summed E-state index contributed by atoms with van der Waals surface area (Å²) < 4.78 is 3.61. The zero-order valence-electron chi connectivity index (χ0n) is 13.7. The molecule has 3 heterocycles. The topological polar surface area (TPSA) is 115 Å². The molecule has 0 fully saturated rings. The molecule has 25 heavy (non-hydrogen) atoms. The van der Waals surface area contributed by atoms with E-state index in [2.05, 4.69) is 36.4 Å². The van der Waals surface area contributed by atoms with Gasteiger partial charge in [0.25, 0.3) is 5.91 Å². The highest BCUT2D eigenvalue weighted by Crippen LogP contribution is 2.14. The van der Waals surface area contributed by atoms with Crippen LogP contribution in [0.15, 0.2) is 24.5 Å². The number of benzene rings is 1. The van der Waals surface area contributed by atoms with E-state index in [0.717, 1.165) is 36.0 Å². The van der Waals surface area contributed by atoms with Gasteiger partial charge in [-0.05, 0) is 41.1 Å². The van der Waals surface area contributed by atoms with Crippen LogP contribution in [0.25, 0.3) is 5.69 Å². The van der Waals surface area contributed by atoms with Crippen molar-refractivity contribution in [3.8, 4) is 5.69 Å². The third kappa shape index (κ3) is 2.98. The van der Waals surface area contributed by atoms with Gasteiger partial charge in [0.2, 0.25) is 0 Å². The van der Waals surface area contributed by atoms with Gasteiger partial charge in [-0.1, -0.05) is 0 Å². The second-order valence-electron chi connectivity index (χ2n) is 5.80. The molecule has 1 aliphatic heterocycles. The fourth-order valence-corrected chi connectivity index (χ4v) is 2.87. The molecular formula is C15H17N9O. The largest absolute Gasteiger partial charge is 0.345 e. The van der Waals surface area contributed by atoms with Crippen molar-refractivity contribution >= 4 is 5.91 Å². The SMILES string of the molecule is Cc1cc(C(=O)NCc2nnc3n2CCNC3)ccc1-n1cnnn1. The number of aromatic nitrogens is 7. The van der Waals surface area contributed by atoms with Gasteiger partial charge >= 0.3 is 0 Å². The van der Waals surface area contributed by atoms with Crippen LogP contribution < -0.4 is 10.6 Å². The summed E-state index contributed by atoms with van der Waals surface area (Å²) in [5.41, 5.74) is 2.32. The second-order valence-corrected chi connectivity index (χ2v) is 5.80. The number of amides is 1. The molecule has 0 radical (unpaired) electrons. The lowest BCUT2D eigenvalue weighted by atomic mass is 10.1. The standard InChI is InChI=1S/C15H17N9O/c1-10-6-11(2-3-12(10)24-9-18-21-22-24)15(25)17-8-14-20-19-13-7-16-4-5-23(13)14/h2-3,6,9,16H,4-5,7-8H2,1H3,(H,17,25). The van der Waals surface area contributed by atoms with Crippen LogP contribution in [0.1, 0.15) is 27.6 Å². The van der Waals surface area contributed by atoms with Crippen molar-refractivity contribution in [3.05, 3.63) is 47.3 Å². The van der Waals surface area contributed by atoms with Crippen LogP contribution in [0.3, 0.4) is 0 Å². The van der Waals surface area contributed by atoms with Crippen molar-refractivity contribution in [1.29, 1.82) is 0 Å². The summed E-state index contributed by atoms with van der Waals surface area (Å²) in [7, 11) is 0. The minimum atomic E-state index is -0.155. The van der Waals surface area contributed by atoms with Crippen molar-refractivity contribution in [1.82, 2.24) is 45.6 Å². The maximum atomic E-state index is 12.4. The number of nitrogens with zero attached hydrogens (tertiary/aromatic N) is 7. The van der Waals surface area contributed by atoms with E-state index in [1.807, 2.05) is 23.6 Å². The third-order valence-corrected chi connectivity index (χ3v) is 4.16. The molecule has 0 saturated carbocycles. The van der Waals surface area contributed by atoms with Gasteiger partial charge in [0.1, 0.15) is 12.2 Å². The fraction of sp³-hybridized carbons (Fsp3) is 0.333. The monoisotopic (exact) mass is 339 g/mol. The molecule has 0 spiro atoms. The molecule has 1 aliphatic rings. The molecular weight excluding hydrogens is 322 g/mol. The van der Waals surface area contributed by atoms with Crippen LogP contribution in [-0.4, -0.2) is 47.4 Å². The van der Waals surface area contributed by atoms with Crippen molar-refractivity contribution in [2.24, 2.45) is 0 Å². The smallest absolute Gasteiger partial charge is 0.251 e. The van der Waals surface area contributed by atoms with Crippen LogP contribution in [-0.2, 0) is 19.6 Å². The highest BCUT2D eigenvalue weighted by atomic mass is 16.1. The second kappa shape index (κ2) is 6.40. The fourth-order valence-electron chi connectivity index (χ4n) is 2.87. The molecule has 128 valence electrons. The van der Waals surface area contributed by atoms with Gasteiger partial charge < -0.3 is 15.2 Å².